The molecule has 2 atom stereocenters. The first-order valence-electron chi connectivity index (χ1n) is 11.5. The summed E-state index contributed by atoms with van der Waals surface area (Å²) in [6.07, 6.45) is 0.987. The van der Waals surface area contributed by atoms with Gasteiger partial charge in [0.2, 0.25) is 6.79 Å². The summed E-state index contributed by atoms with van der Waals surface area (Å²) in [6, 6.07) is 13.4. The summed E-state index contributed by atoms with van der Waals surface area (Å²) in [5, 5.41) is 3.74. The van der Waals surface area contributed by atoms with Crippen molar-refractivity contribution < 1.29 is 28.5 Å². The van der Waals surface area contributed by atoms with Crippen LogP contribution in [0, 0.1) is 0 Å². The molecule has 2 aromatic rings. The number of methoxy groups -OCH3 is 1. The number of ketones is 1. The Kier molecular flexibility index (Phi) is 6.54. The molecule has 3 aliphatic rings. The second-order valence-electron chi connectivity index (χ2n) is 8.78. The van der Waals surface area contributed by atoms with E-state index in [4.69, 9.17) is 30.5 Å². The number of hydrogen-bond donors (Lipinski definition) is 1. The van der Waals surface area contributed by atoms with E-state index in [0.29, 0.717) is 51.8 Å². The van der Waals surface area contributed by atoms with Crippen LogP contribution in [0.1, 0.15) is 42.7 Å². The van der Waals surface area contributed by atoms with Gasteiger partial charge >= 0.3 is 5.97 Å². The summed E-state index contributed by atoms with van der Waals surface area (Å²) in [4.78, 5) is 27.0. The van der Waals surface area contributed by atoms with Gasteiger partial charge in [0.15, 0.2) is 17.3 Å². The van der Waals surface area contributed by atoms with Crippen LogP contribution in [0.4, 0.5) is 0 Å². The van der Waals surface area contributed by atoms with Crippen LogP contribution in [-0.2, 0) is 19.1 Å². The molecule has 0 amide bonds. The van der Waals surface area contributed by atoms with Gasteiger partial charge in [-0.05, 0) is 36.5 Å². The summed E-state index contributed by atoms with van der Waals surface area (Å²) >= 11 is 6.70. The number of allylic oxidation sites excluding steroid dienone is 3. The van der Waals surface area contributed by atoms with Crippen LogP contribution in [-0.4, -0.2) is 38.9 Å². The topological polar surface area (TPSA) is 83.1 Å². The predicted octanol–water partition coefficient (Wildman–Crippen LogP) is 4.62. The maximum absolute atomic E-state index is 13.7. The highest BCUT2D eigenvalue weighted by molar-refractivity contribution is 6.32. The molecule has 182 valence electrons. The van der Waals surface area contributed by atoms with Gasteiger partial charge < -0.3 is 24.3 Å². The average Bonchev–Trinajstić information content (AvgIpc) is 3.30. The lowest BCUT2D eigenvalue weighted by Crippen LogP contribution is -2.36. The molecular formula is C27H26ClNO6. The molecule has 2 aromatic carbocycles. The van der Waals surface area contributed by atoms with Crippen LogP contribution in [0.2, 0.25) is 5.02 Å². The zero-order valence-corrected chi connectivity index (χ0v) is 20.3. The van der Waals surface area contributed by atoms with E-state index in [2.05, 4.69) is 5.32 Å². The average molecular weight is 496 g/mol. The summed E-state index contributed by atoms with van der Waals surface area (Å²) < 4.78 is 21.5. The number of carbonyl (C=O) groups excluding carboxylic acids is 2. The van der Waals surface area contributed by atoms with E-state index < -0.39 is 11.9 Å². The monoisotopic (exact) mass is 495 g/mol. The fourth-order valence-electron chi connectivity index (χ4n) is 5.03. The fourth-order valence-corrected chi connectivity index (χ4v) is 5.29. The van der Waals surface area contributed by atoms with Crippen molar-refractivity contribution >= 4 is 23.4 Å². The second-order valence-corrected chi connectivity index (χ2v) is 9.19. The number of rotatable bonds is 6. The molecule has 0 spiro atoms. The molecule has 2 heterocycles. The number of dihydropyridines is 1. The van der Waals surface area contributed by atoms with Gasteiger partial charge in [0.1, 0.15) is 6.61 Å². The number of carbonyl (C=O) groups is 2. The zero-order valence-electron chi connectivity index (χ0n) is 19.6. The highest BCUT2D eigenvalue weighted by Crippen LogP contribution is 2.49. The fraction of sp³-hybridized carbons (Fsp3) is 0.333. The third-order valence-corrected chi connectivity index (χ3v) is 6.97. The van der Waals surface area contributed by atoms with Crippen molar-refractivity contribution in [3.05, 3.63) is 81.2 Å². The van der Waals surface area contributed by atoms with Crippen molar-refractivity contribution in [3.8, 4) is 11.5 Å². The smallest absolute Gasteiger partial charge is 0.336 e. The molecule has 0 unspecified atom stereocenters. The maximum Gasteiger partial charge on any atom is 0.336 e. The summed E-state index contributed by atoms with van der Waals surface area (Å²) in [7, 11) is 1.54. The molecule has 0 fully saturated rings. The number of benzene rings is 2. The summed E-state index contributed by atoms with van der Waals surface area (Å²) in [5.41, 5.74) is 4.05. The molecule has 7 nitrogen and oxygen atoms in total. The minimum atomic E-state index is -0.687. The zero-order chi connectivity index (χ0) is 24.5. The molecule has 0 saturated carbocycles. The quantitative estimate of drug-likeness (QED) is 0.462. The lowest BCUT2D eigenvalue weighted by molar-refractivity contribution is -0.140. The van der Waals surface area contributed by atoms with E-state index in [1.165, 1.54) is 7.11 Å². The van der Waals surface area contributed by atoms with Gasteiger partial charge in [-0.25, -0.2) is 4.79 Å². The molecule has 0 aromatic heterocycles. The Bertz CT molecular complexity index is 1240. The molecule has 0 saturated heterocycles. The highest BCUT2D eigenvalue weighted by atomic mass is 35.5. The van der Waals surface area contributed by atoms with Gasteiger partial charge in [0.25, 0.3) is 0 Å². The van der Waals surface area contributed by atoms with Crippen LogP contribution in [0.25, 0.3) is 0 Å². The minimum absolute atomic E-state index is 0.0268. The van der Waals surface area contributed by atoms with E-state index in [9.17, 15) is 9.59 Å². The Morgan fingerprint density at radius 2 is 1.86 bits per heavy atom. The Labute approximate surface area is 208 Å². The van der Waals surface area contributed by atoms with E-state index in [-0.39, 0.29) is 31.7 Å². The largest absolute Gasteiger partial charge is 0.460 e. The maximum atomic E-state index is 13.7. The predicted molar refractivity (Wildman–Crippen MR) is 129 cm³/mol. The van der Waals surface area contributed by atoms with Crippen molar-refractivity contribution in [2.75, 3.05) is 27.1 Å². The number of nitrogens with one attached hydrogen (secondary N) is 1. The molecule has 5 rings (SSSR count). The van der Waals surface area contributed by atoms with Crippen molar-refractivity contribution in [1.29, 1.82) is 0 Å². The highest BCUT2D eigenvalue weighted by Gasteiger charge is 2.42. The molecule has 8 heteroatoms. The first-order valence-corrected chi connectivity index (χ1v) is 11.9. The van der Waals surface area contributed by atoms with Crippen LogP contribution >= 0.6 is 11.6 Å². The van der Waals surface area contributed by atoms with Gasteiger partial charge in [-0.3, -0.25) is 4.79 Å². The molecule has 2 aliphatic heterocycles. The van der Waals surface area contributed by atoms with Crippen molar-refractivity contribution in [3.63, 3.8) is 0 Å². The van der Waals surface area contributed by atoms with Crippen molar-refractivity contribution in [1.82, 2.24) is 5.32 Å². The minimum Gasteiger partial charge on any atom is -0.460 e. The number of hydrogen-bond acceptors (Lipinski definition) is 7. The normalized spacial score (nSPS) is 21.1. The third kappa shape index (κ3) is 4.42. The number of ether oxygens (including phenoxy) is 4. The van der Waals surface area contributed by atoms with Gasteiger partial charge in [-0.15, -0.1) is 0 Å². The van der Waals surface area contributed by atoms with E-state index in [1.807, 2.05) is 37.3 Å². The molecule has 1 aliphatic carbocycles. The lowest BCUT2D eigenvalue weighted by atomic mass is 9.71. The Morgan fingerprint density at radius 1 is 1.11 bits per heavy atom. The van der Waals surface area contributed by atoms with Gasteiger partial charge in [-0.1, -0.05) is 41.9 Å². The summed E-state index contributed by atoms with van der Waals surface area (Å²) in [5.74, 6) is -0.124. The molecular weight excluding hydrogens is 470 g/mol. The van der Waals surface area contributed by atoms with Crippen LogP contribution in [0.3, 0.4) is 0 Å². The van der Waals surface area contributed by atoms with Crippen LogP contribution < -0.4 is 14.8 Å². The van der Waals surface area contributed by atoms with Gasteiger partial charge in [0, 0.05) is 47.5 Å². The SMILES string of the molecule is COCCOC(=O)C1=C(C)NC2=C(C(=O)C[C@@H](c3ccccc3)C2)[C@@H]1c1cc2c(cc1Cl)OCO2. The second kappa shape index (κ2) is 9.76. The molecule has 0 radical (unpaired) electrons. The Morgan fingerprint density at radius 3 is 2.60 bits per heavy atom. The molecule has 35 heavy (non-hydrogen) atoms. The number of esters is 1. The van der Waals surface area contributed by atoms with E-state index >= 15 is 0 Å². The van der Waals surface area contributed by atoms with Gasteiger partial charge in [0.05, 0.1) is 12.2 Å². The van der Waals surface area contributed by atoms with Gasteiger partial charge in [-0.2, -0.15) is 0 Å². The van der Waals surface area contributed by atoms with E-state index in [0.717, 1.165) is 11.3 Å². The number of fused-ring (bicyclic) bond motifs is 1. The standard InChI is InChI=1S/C27H26ClNO6/c1-15-24(27(31)33-9-8-32-2)25(18-12-22-23(13-19(18)28)35-14-34-22)26-20(29-15)10-17(11-21(26)30)16-6-4-3-5-7-16/h3-7,12-13,17,25,29H,8-11,14H2,1-2H3/t17-,25+/m0/s1. The molecule has 1 N–H and O–H groups in total. The first kappa shape index (κ1) is 23.5. The van der Waals surface area contributed by atoms with Crippen LogP contribution in [0.15, 0.2) is 65.0 Å². The molecule has 0 bridgehead atoms. The van der Waals surface area contributed by atoms with Crippen molar-refractivity contribution in [2.45, 2.75) is 31.6 Å². The number of halogens is 1. The third-order valence-electron chi connectivity index (χ3n) is 6.64. The Hall–Kier alpha value is -3.29. The summed E-state index contributed by atoms with van der Waals surface area (Å²) in [6.45, 7) is 2.28. The van der Waals surface area contributed by atoms with E-state index in [1.54, 1.807) is 12.1 Å². The lowest BCUT2D eigenvalue weighted by Gasteiger charge is -2.37. The Balaban J connectivity index is 1.59. The van der Waals surface area contributed by atoms with Crippen LogP contribution in [0.5, 0.6) is 11.5 Å². The van der Waals surface area contributed by atoms with Crippen molar-refractivity contribution in [2.24, 2.45) is 0 Å². The number of Topliss-reactive ketones (excluding diaryl/α,β-unsaturated/α-hetero) is 1. The first-order chi connectivity index (χ1) is 17.0.